The van der Waals surface area contributed by atoms with Crippen LogP contribution in [-0.4, -0.2) is 22.7 Å². The Morgan fingerprint density at radius 2 is 1.24 bits per heavy atom. The molecule has 29 heavy (non-hydrogen) atoms. The zero-order valence-electron chi connectivity index (χ0n) is 16.0. The molecule has 0 unspecified atom stereocenters. The molecular formula is C22H20N4O3. The zero-order valence-corrected chi connectivity index (χ0v) is 16.0. The highest BCUT2D eigenvalue weighted by Gasteiger charge is 2.12. The fourth-order valence-electron chi connectivity index (χ4n) is 2.57. The highest BCUT2D eigenvalue weighted by atomic mass is 16.2. The molecule has 0 saturated carbocycles. The van der Waals surface area contributed by atoms with E-state index in [1.54, 1.807) is 36.4 Å². The molecule has 0 atom stereocenters. The lowest BCUT2D eigenvalue weighted by Crippen LogP contribution is -2.17. The van der Waals surface area contributed by atoms with Crippen LogP contribution in [0.4, 0.5) is 17.1 Å². The number of anilines is 3. The largest absolute Gasteiger partial charge is 0.326 e. The topological polar surface area (TPSA) is 100 Å². The van der Waals surface area contributed by atoms with Gasteiger partial charge in [0.2, 0.25) is 5.91 Å². The van der Waals surface area contributed by atoms with E-state index in [-0.39, 0.29) is 17.5 Å². The summed E-state index contributed by atoms with van der Waals surface area (Å²) in [7, 11) is 0. The van der Waals surface area contributed by atoms with Crippen LogP contribution < -0.4 is 16.0 Å². The van der Waals surface area contributed by atoms with Crippen LogP contribution in [0.15, 0.2) is 66.9 Å². The SMILES string of the molecule is CC(=O)Nc1ccc(NC(=O)c2ccnc(C(=O)Nc3ccc(C)cc3)c2)cc1. The maximum absolute atomic E-state index is 12.5. The third-order valence-corrected chi connectivity index (χ3v) is 4.03. The predicted octanol–water partition coefficient (Wildman–Crippen LogP) is 3.85. The number of aryl methyl sites for hydroxylation is 1. The van der Waals surface area contributed by atoms with E-state index in [1.807, 2.05) is 19.1 Å². The number of rotatable bonds is 5. The van der Waals surface area contributed by atoms with E-state index < -0.39 is 5.91 Å². The molecule has 0 spiro atoms. The van der Waals surface area contributed by atoms with E-state index in [9.17, 15) is 14.4 Å². The number of benzene rings is 2. The van der Waals surface area contributed by atoms with E-state index in [0.29, 0.717) is 22.6 Å². The quantitative estimate of drug-likeness (QED) is 0.618. The summed E-state index contributed by atoms with van der Waals surface area (Å²) in [6, 6.07) is 17.1. The number of carbonyl (C=O) groups excluding carboxylic acids is 3. The summed E-state index contributed by atoms with van der Waals surface area (Å²) >= 11 is 0. The minimum absolute atomic E-state index is 0.138. The van der Waals surface area contributed by atoms with Gasteiger partial charge in [-0.2, -0.15) is 0 Å². The molecule has 0 aliphatic heterocycles. The number of carbonyl (C=O) groups is 3. The summed E-state index contributed by atoms with van der Waals surface area (Å²) < 4.78 is 0. The number of hydrogen-bond acceptors (Lipinski definition) is 4. The number of hydrogen-bond donors (Lipinski definition) is 3. The van der Waals surface area contributed by atoms with Gasteiger partial charge in [-0.1, -0.05) is 17.7 Å². The van der Waals surface area contributed by atoms with Crippen molar-refractivity contribution in [2.24, 2.45) is 0 Å². The van der Waals surface area contributed by atoms with Gasteiger partial charge in [-0.05, 0) is 55.5 Å². The van der Waals surface area contributed by atoms with Gasteiger partial charge in [0.25, 0.3) is 11.8 Å². The van der Waals surface area contributed by atoms with E-state index >= 15 is 0 Å². The van der Waals surface area contributed by atoms with Crippen molar-refractivity contribution in [3.05, 3.63) is 83.7 Å². The van der Waals surface area contributed by atoms with Gasteiger partial charge >= 0.3 is 0 Å². The van der Waals surface area contributed by atoms with E-state index in [2.05, 4.69) is 20.9 Å². The summed E-state index contributed by atoms with van der Waals surface area (Å²) in [4.78, 5) is 40.0. The standard InChI is InChI=1S/C22H20N4O3/c1-14-3-5-18(6-4-14)26-22(29)20-13-16(11-12-23-20)21(28)25-19-9-7-17(8-10-19)24-15(2)27/h3-13H,1-2H3,(H,24,27)(H,25,28)(H,26,29). The monoisotopic (exact) mass is 388 g/mol. The molecule has 0 aliphatic carbocycles. The van der Waals surface area contributed by atoms with Crippen molar-refractivity contribution in [3.8, 4) is 0 Å². The van der Waals surface area contributed by atoms with Crippen molar-refractivity contribution in [2.75, 3.05) is 16.0 Å². The van der Waals surface area contributed by atoms with Crippen LogP contribution in [0.25, 0.3) is 0 Å². The molecule has 0 aliphatic rings. The number of pyridine rings is 1. The Bertz CT molecular complexity index is 1040. The zero-order chi connectivity index (χ0) is 20.8. The van der Waals surface area contributed by atoms with Crippen LogP contribution in [0.1, 0.15) is 33.3 Å². The highest BCUT2D eigenvalue weighted by Crippen LogP contribution is 2.15. The molecule has 1 aromatic heterocycles. The second-order valence-corrected chi connectivity index (χ2v) is 6.46. The van der Waals surface area contributed by atoms with Crippen molar-refractivity contribution in [1.29, 1.82) is 0 Å². The molecule has 3 rings (SSSR count). The van der Waals surface area contributed by atoms with E-state index in [0.717, 1.165) is 5.56 Å². The van der Waals surface area contributed by atoms with E-state index in [4.69, 9.17) is 0 Å². The molecule has 7 heteroatoms. The van der Waals surface area contributed by atoms with Gasteiger partial charge < -0.3 is 16.0 Å². The molecule has 1 heterocycles. The first-order valence-electron chi connectivity index (χ1n) is 8.94. The van der Waals surface area contributed by atoms with Crippen LogP contribution in [0, 0.1) is 6.92 Å². The minimum atomic E-state index is -0.400. The Hall–Kier alpha value is -4.00. The van der Waals surface area contributed by atoms with Crippen LogP contribution in [0.5, 0.6) is 0 Å². The first-order chi connectivity index (χ1) is 13.9. The summed E-state index contributed by atoms with van der Waals surface area (Å²) in [5.41, 5.74) is 3.38. The molecule has 3 N–H and O–H groups in total. The number of nitrogens with one attached hydrogen (secondary N) is 3. The minimum Gasteiger partial charge on any atom is -0.326 e. The molecule has 0 saturated heterocycles. The number of nitrogens with zero attached hydrogens (tertiary/aromatic N) is 1. The molecule has 2 aromatic carbocycles. The van der Waals surface area contributed by atoms with Crippen molar-refractivity contribution in [1.82, 2.24) is 4.98 Å². The molecular weight excluding hydrogens is 368 g/mol. The van der Waals surface area contributed by atoms with Gasteiger partial charge in [-0.15, -0.1) is 0 Å². The Morgan fingerprint density at radius 1 is 0.724 bits per heavy atom. The molecule has 3 amide bonds. The van der Waals surface area contributed by atoms with Crippen LogP contribution in [0.3, 0.4) is 0 Å². The second kappa shape index (κ2) is 8.79. The van der Waals surface area contributed by atoms with Crippen molar-refractivity contribution in [3.63, 3.8) is 0 Å². The lowest BCUT2D eigenvalue weighted by Gasteiger charge is -2.08. The average Bonchev–Trinajstić information content (AvgIpc) is 2.71. The Balaban J connectivity index is 1.68. The third kappa shape index (κ3) is 5.49. The van der Waals surface area contributed by atoms with Crippen LogP contribution in [-0.2, 0) is 4.79 Å². The Labute approximate surface area is 168 Å². The lowest BCUT2D eigenvalue weighted by molar-refractivity contribution is -0.114. The second-order valence-electron chi connectivity index (χ2n) is 6.46. The van der Waals surface area contributed by atoms with Gasteiger partial charge in [0, 0.05) is 35.7 Å². The lowest BCUT2D eigenvalue weighted by atomic mass is 10.2. The Kier molecular flexibility index (Phi) is 5.99. The van der Waals surface area contributed by atoms with Crippen molar-refractivity contribution >= 4 is 34.8 Å². The first-order valence-corrected chi connectivity index (χ1v) is 8.94. The van der Waals surface area contributed by atoms with E-state index in [1.165, 1.54) is 25.3 Å². The maximum atomic E-state index is 12.5. The van der Waals surface area contributed by atoms with Crippen molar-refractivity contribution in [2.45, 2.75) is 13.8 Å². The first kappa shape index (κ1) is 19.8. The Morgan fingerprint density at radius 3 is 1.83 bits per heavy atom. The van der Waals surface area contributed by atoms with Gasteiger partial charge in [0.1, 0.15) is 5.69 Å². The molecule has 0 fully saturated rings. The molecule has 7 nitrogen and oxygen atoms in total. The third-order valence-electron chi connectivity index (χ3n) is 4.03. The van der Waals surface area contributed by atoms with Crippen molar-refractivity contribution < 1.29 is 14.4 Å². The maximum Gasteiger partial charge on any atom is 0.274 e. The molecule has 0 radical (unpaired) electrons. The summed E-state index contributed by atoms with van der Waals surface area (Å²) in [5.74, 6) is -0.942. The molecule has 3 aromatic rings. The average molecular weight is 388 g/mol. The van der Waals surface area contributed by atoms with Gasteiger partial charge in [0.15, 0.2) is 0 Å². The summed E-state index contributed by atoms with van der Waals surface area (Å²) in [5, 5.41) is 8.16. The highest BCUT2D eigenvalue weighted by molar-refractivity contribution is 6.07. The molecule has 146 valence electrons. The number of amides is 3. The predicted molar refractivity (Wildman–Crippen MR) is 112 cm³/mol. The number of aromatic nitrogens is 1. The fourth-order valence-corrected chi connectivity index (χ4v) is 2.57. The summed E-state index contributed by atoms with van der Waals surface area (Å²) in [6.07, 6.45) is 1.42. The smallest absolute Gasteiger partial charge is 0.274 e. The summed E-state index contributed by atoms with van der Waals surface area (Å²) in [6.45, 7) is 3.38. The molecule has 0 bridgehead atoms. The van der Waals surface area contributed by atoms with Gasteiger partial charge in [0.05, 0.1) is 0 Å². The normalized spacial score (nSPS) is 10.1. The van der Waals surface area contributed by atoms with Gasteiger partial charge in [-0.3, -0.25) is 19.4 Å². The fraction of sp³-hybridized carbons (Fsp3) is 0.0909. The van der Waals surface area contributed by atoms with Gasteiger partial charge in [-0.25, -0.2) is 0 Å². The van der Waals surface area contributed by atoms with Crippen LogP contribution >= 0.6 is 0 Å². The van der Waals surface area contributed by atoms with Crippen LogP contribution in [0.2, 0.25) is 0 Å².